The van der Waals surface area contributed by atoms with Gasteiger partial charge in [0, 0.05) is 31.2 Å². The van der Waals surface area contributed by atoms with Crippen molar-refractivity contribution < 1.29 is 0 Å². The molecular weight excluding hydrogens is 454 g/mol. The van der Waals surface area contributed by atoms with E-state index in [2.05, 4.69) is 76.4 Å². The lowest BCUT2D eigenvalue weighted by atomic mass is 9.99. The van der Waals surface area contributed by atoms with Gasteiger partial charge in [-0.3, -0.25) is 4.90 Å². The van der Waals surface area contributed by atoms with Crippen LogP contribution in [-0.2, 0) is 5.54 Å². The molecule has 0 amide bonds. The molecule has 0 aliphatic carbocycles. The minimum atomic E-state index is -0.174. The number of para-hydroxylation sites is 1. The second-order valence-electron chi connectivity index (χ2n) is 9.06. The number of halogens is 1. The number of hydrogen-bond donors (Lipinski definition) is 0. The van der Waals surface area contributed by atoms with Gasteiger partial charge in [-0.05, 0) is 60.5 Å². The Morgan fingerprint density at radius 2 is 1.76 bits per heavy atom. The number of piperazine rings is 1. The zero-order chi connectivity index (χ0) is 23.0. The van der Waals surface area contributed by atoms with Crippen molar-refractivity contribution in [1.29, 1.82) is 0 Å². The van der Waals surface area contributed by atoms with E-state index in [0.29, 0.717) is 0 Å². The van der Waals surface area contributed by atoms with Gasteiger partial charge < -0.3 is 4.90 Å². The lowest BCUT2D eigenvalue weighted by Gasteiger charge is -2.39. The zero-order valence-electron chi connectivity index (χ0n) is 19.1. The fourth-order valence-electron chi connectivity index (χ4n) is 4.28. The lowest BCUT2D eigenvalue weighted by molar-refractivity contribution is 0.187. The predicted molar refractivity (Wildman–Crippen MR) is 134 cm³/mol. The first-order chi connectivity index (χ1) is 16.0. The number of hydrogen-bond acceptors (Lipinski definition) is 7. The Bertz CT molecular complexity index is 1190. The van der Waals surface area contributed by atoms with Crippen molar-refractivity contribution >= 4 is 38.3 Å². The monoisotopic (exact) mass is 481 g/mol. The third-order valence-electron chi connectivity index (χ3n) is 6.60. The van der Waals surface area contributed by atoms with Crippen LogP contribution in [0.2, 0.25) is 5.02 Å². The smallest absolute Gasteiger partial charge is 0.186 e. The average molecular weight is 482 g/mol. The molecule has 0 unspecified atom stereocenters. The molecule has 1 atom stereocenters. The second-order valence-corrected chi connectivity index (χ2v) is 10.5. The number of benzene rings is 2. The summed E-state index contributed by atoms with van der Waals surface area (Å²) in [5, 5.41) is 14.8. The summed E-state index contributed by atoms with van der Waals surface area (Å²) < 4.78 is 3.22. The van der Waals surface area contributed by atoms with Crippen LogP contribution in [0.4, 0.5) is 5.13 Å². The Hall–Kier alpha value is -2.55. The van der Waals surface area contributed by atoms with Gasteiger partial charge in [0.15, 0.2) is 11.0 Å². The third-order valence-corrected chi connectivity index (χ3v) is 7.94. The standard InChI is InChI=1S/C24H28ClN7S/c1-4-24(2,3)32-22(27-28-29-32)21(17-9-11-18(25)12-10-17)30-13-15-31(16-14-30)23-26-19-7-5-6-8-20(19)33-23/h5-12,21H,4,13-16H2,1-3H3/t21-/m0/s1. The van der Waals surface area contributed by atoms with Crippen LogP contribution in [0.25, 0.3) is 10.2 Å². The number of fused-ring (bicyclic) bond motifs is 1. The molecule has 33 heavy (non-hydrogen) atoms. The molecule has 0 N–H and O–H groups in total. The zero-order valence-corrected chi connectivity index (χ0v) is 20.7. The summed E-state index contributed by atoms with van der Waals surface area (Å²) in [6, 6.07) is 16.4. The number of rotatable bonds is 6. The molecule has 172 valence electrons. The minimum absolute atomic E-state index is 0.0411. The van der Waals surface area contributed by atoms with Crippen molar-refractivity contribution in [3.63, 3.8) is 0 Å². The number of anilines is 1. The summed E-state index contributed by atoms with van der Waals surface area (Å²) in [5.74, 6) is 0.873. The fourth-order valence-corrected chi connectivity index (χ4v) is 5.42. The van der Waals surface area contributed by atoms with Gasteiger partial charge in [-0.1, -0.05) is 54.1 Å². The van der Waals surface area contributed by atoms with E-state index in [0.717, 1.165) is 59.7 Å². The first-order valence-corrected chi connectivity index (χ1v) is 12.5. The van der Waals surface area contributed by atoms with Gasteiger partial charge in [0.2, 0.25) is 0 Å². The molecule has 1 aliphatic rings. The Balaban J connectivity index is 1.43. The molecule has 3 heterocycles. The lowest BCUT2D eigenvalue weighted by Crippen LogP contribution is -2.48. The highest BCUT2D eigenvalue weighted by Gasteiger charge is 2.34. The van der Waals surface area contributed by atoms with Crippen molar-refractivity contribution in [1.82, 2.24) is 30.1 Å². The van der Waals surface area contributed by atoms with Crippen LogP contribution in [0.15, 0.2) is 48.5 Å². The fraction of sp³-hybridized carbons (Fsp3) is 0.417. The molecule has 2 aromatic heterocycles. The van der Waals surface area contributed by atoms with E-state index < -0.39 is 0 Å². The summed E-state index contributed by atoms with van der Waals surface area (Å²) in [7, 11) is 0. The first-order valence-electron chi connectivity index (χ1n) is 11.3. The number of tetrazole rings is 1. The van der Waals surface area contributed by atoms with Crippen LogP contribution in [0.5, 0.6) is 0 Å². The summed E-state index contributed by atoms with van der Waals surface area (Å²) >= 11 is 7.97. The topological polar surface area (TPSA) is 63.0 Å². The molecule has 1 saturated heterocycles. The largest absolute Gasteiger partial charge is 0.345 e. The summed E-state index contributed by atoms with van der Waals surface area (Å²) in [5.41, 5.74) is 2.04. The maximum atomic E-state index is 6.20. The Kier molecular flexibility index (Phi) is 6.07. The van der Waals surface area contributed by atoms with Crippen molar-refractivity contribution in [3.05, 3.63) is 64.9 Å². The second kappa shape index (κ2) is 9.00. The van der Waals surface area contributed by atoms with E-state index in [1.807, 2.05) is 22.9 Å². The first kappa shape index (κ1) is 22.3. The number of aromatic nitrogens is 5. The molecule has 0 spiro atoms. The van der Waals surface area contributed by atoms with Crippen molar-refractivity contribution in [2.75, 3.05) is 31.1 Å². The molecular formula is C24H28ClN7S. The SMILES string of the molecule is CCC(C)(C)n1nnnc1[C@H](c1ccc(Cl)cc1)N1CCN(c2nc3ccccc3s2)CC1. The molecule has 4 aromatic rings. The van der Waals surface area contributed by atoms with Gasteiger partial charge in [0.05, 0.1) is 21.8 Å². The van der Waals surface area contributed by atoms with Crippen molar-refractivity contribution in [3.8, 4) is 0 Å². The van der Waals surface area contributed by atoms with Crippen LogP contribution in [-0.4, -0.2) is 56.3 Å². The normalized spacial score (nSPS) is 16.4. The van der Waals surface area contributed by atoms with Crippen molar-refractivity contribution in [2.45, 2.75) is 38.8 Å². The maximum Gasteiger partial charge on any atom is 0.186 e. The minimum Gasteiger partial charge on any atom is -0.345 e. The Morgan fingerprint density at radius 1 is 1.03 bits per heavy atom. The van der Waals surface area contributed by atoms with E-state index in [4.69, 9.17) is 16.6 Å². The predicted octanol–water partition coefficient (Wildman–Crippen LogP) is 4.99. The van der Waals surface area contributed by atoms with Gasteiger partial charge >= 0.3 is 0 Å². The van der Waals surface area contributed by atoms with E-state index >= 15 is 0 Å². The highest BCUT2D eigenvalue weighted by molar-refractivity contribution is 7.22. The molecule has 7 nitrogen and oxygen atoms in total. The molecule has 0 saturated carbocycles. The van der Waals surface area contributed by atoms with Crippen LogP contribution < -0.4 is 4.90 Å². The third kappa shape index (κ3) is 4.35. The van der Waals surface area contributed by atoms with E-state index in [1.54, 1.807) is 11.3 Å². The molecule has 9 heteroatoms. The highest BCUT2D eigenvalue weighted by Crippen LogP contribution is 2.34. The summed E-state index contributed by atoms with van der Waals surface area (Å²) in [6.07, 6.45) is 0.934. The van der Waals surface area contributed by atoms with Crippen LogP contribution in [0.1, 0.15) is 44.6 Å². The summed E-state index contributed by atoms with van der Waals surface area (Å²) in [6.45, 7) is 10.1. The van der Waals surface area contributed by atoms with Crippen molar-refractivity contribution in [2.24, 2.45) is 0 Å². The number of thiazole rings is 1. The Labute approximate surface area is 203 Å². The van der Waals surface area contributed by atoms with Crippen LogP contribution >= 0.6 is 22.9 Å². The van der Waals surface area contributed by atoms with Gasteiger partial charge in [-0.15, -0.1) is 5.10 Å². The quantitative estimate of drug-likeness (QED) is 0.386. The highest BCUT2D eigenvalue weighted by atomic mass is 35.5. The maximum absolute atomic E-state index is 6.20. The molecule has 0 radical (unpaired) electrons. The molecule has 1 aliphatic heterocycles. The Morgan fingerprint density at radius 3 is 2.45 bits per heavy atom. The molecule has 1 fully saturated rings. The summed E-state index contributed by atoms with van der Waals surface area (Å²) in [4.78, 5) is 9.72. The molecule has 2 aromatic carbocycles. The van der Waals surface area contributed by atoms with Crippen LogP contribution in [0, 0.1) is 0 Å². The average Bonchev–Trinajstić information content (AvgIpc) is 3.49. The van der Waals surface area contributed by atoms with Gasteiger partial charge in [-0.2, -0.15) is 0 Å². The van der Waals surface area contributed by atoms with E-state index in [-0.39, 0.29) is 11.6 Å². The van der Waals surface area contributed by atoms with Crippen LogP contribution in [0.3, 0.4) is 0 Å². The number of nitrogens with zero attached hydrogens (tertiary/aromatic N) is 7. The van der Waals surface area contributed by atoms with Gasteiger partial charge in [0.1, 0.15) is 0 Å². The molecule has 0 bridgehead atoms. The van der Waals surface area contributed by atoms with E-state index in [9.17, 15) is 0 Å². The van der Waals surface area contributed by atoms with Gasteiger partial charge in [-0.25, -0.2) is 9.67 Å². The molecule has 5 rings (SSSR count). The van der Waals surface area contributed by atoms with E-state index in [1.165, 1.54) is 4.70 Å². The van der Waals surface area contributed by atoms with Gasteiger partial charge in [0.25, 0.3) is 0 Å².